The second-order valence-corrected chi connectivity index (χ2v) is 9.55. The molecule has 10 nitrogen and oxygen atoms in total. The summed E-state index contributed by atoms with van der Waals surface area (Å²) >= 11 is 0. The van der Waals surface area contributed by atoms with Crippen molar-refractivity contribution in [2.24, 2.45) is 0 Å². The second-order valence-electron chi connectivity index (χ2n) is 9.55. The molecule has 0 aliphatic carbocycles. The van der Waals surface area contributed by atoms with Crippen LogP contribution in [0.25, 0.3) is 22.4 Å². The predicted octanol–water partition coefficient (Wildman–Crippen LogP) is 5.27. The number of para-hydroxylation sites is 2. The summed E-state index contributed by atoms with van der Waals surface area (Å²) in [5, 5.41) is 26.5. The third-order valence-electron chi connectivity index (χ3n) is 6.77. The van der Waals surface area contributed by atoms with E-state index in [-0.39, 0.29) is 28.6 Å². The van der Waals surface area contributed by atoms with Crippen LogP contribution < -0.4 is 15.4 Å². The number of phenolic OH excluding ortho intramolecular Hbond substituents is 1. The van der Waals surface area contributed by atoms with Crippen molar-refractivity contribution in [1.82, 2.24) is 19.9 Å². The van der Waals surface area contributed by atoms with Crippen LogP contribution in [0.4, 0.5) is 5.82 Å². The summed E-state index contributed by atoms with van der Waals surface area (Å²) < 4.78 is 7.27. The van der Waals surface area contributed by atoms with Crippen LogP contribution in [0.1, 0.15) is 32.7 Å². The van der Waals surface area contributed by atoms with Gasteiger partial charge in [0.2, 0.25) is 0 Å². The van der Waals surface area contributed by atoms with Gasteiger partial charge in [0.1, 0.15) is 23.1 Å². The fourth-order valence-electron chi connectivity index (χ4n) is 4.62. The minimum atomic E-state index is -0.523. The van der Waals surface area contributed by atoms with Crippen molar-refractivity contribution >= 4 is 17.6 Å². The number of hydrogen-bond acceptors (Lipinski definition) is 7. The minimum Gasteiger partial charge on any atom is -0.507 e. The molecule has 3 N–H and O–H groups in total. The van der Waals surface area contributed by atoms with Gasteiger partial charge in [-0.15, -0.1) is 0 Å². The molecule has 2 heterocycles. The van der Waals surface area contributed by atoms with Gasteiger partial charge in [0.15, 0.2) is 5.82 Å². The number of aromatic nitrogens is 3. The molecule has 43 heavy (non-hydrogen) atoms. The Morgan fingerprint density at radius 2 is 1.81 bits per heavy atom. The maximum atomic E-state index is 13.3. The molecule has 0 fully saturated rings. The number of imidazole rings is 1. The number of carbonyl (C=O) groups is 2. The highest BCUT2D eigenvalue weighted by molar-refractivity contribution is 6.07. The Kier molecular flexibility index (Phi) is 8.73. The van der Waals surface area contributed by atoms with Gasteiger partial charge < -0.3 is 25.0 Å². The van der Waals surface area contributed by atoms with Crippen LogP contribution in [0.3, 0.4) is 0 Å². The topological polar surface area (TPSA) is 142 Å². The maximum absolute atomic E-state index is 13.3. The number of carbonyl (C=O) groups excluding carboxylic acids is 2. The smallest absolute Gasteiger partial charge is 0.260 e. The van der Waals surface area contributed by atoms with Crippen molar-refractivity contribution in [3.8, 4) is 40.0 Å². The van der Waals surface area contributed by atoms with Gasteiger partial charge in [0, 0.05) is 42.2 Å². The Labute approximate surface area is 248 Å². The highest BCUT2D eigenvalue weighted by atomic mass is 16.5. The van der Waals surface area contributed by atoms with E-state index in [1.807, 2.05) is 10.8 Å². The van der Waals surface area contributed by atoms with E-state index in [2.05, 4.69) is 26.7 Å². The molecule has 0 spiro atoms. The second kappa shape index (κ2) is 13.1. The molecule has 0 atom stereocenters. The van der Waals surface area contributed by atoms with E-state index in [4.69, 9.17) is 4.74 Å². The Morgan fingerprint density at radius 3 is 2.58 bits per heavy atom. The van der Waals surface area contributed by atoms with E-state index in [0.29, 0.717) is 40.2 Å². The summed E-state index contributed by atoms with van der Waals surface area (Å²) in [7, 11) is 1.46. The SMILES string of the molecule is COc1ccccc1C(=O)Nc1nc(-c2ccccc2O)cc(-c2cccc(C(=O)NCCCn3ccnc3)c2)c1C#N. The lowest BCUT2D eigenvalue weighted by atomic mass is 9.96. The number of anilines is 1. The first-order chi connectivity index (χ1) is 21.0. The van der Waals surface area contributed by atoms with Gasteiger partial charge in [-0.05, 0) is 54.4 Å². The minimum absolute atomic E-state index is 0.00326. The van der Waals surface area contributed by atoms with Crippen molar-refractivity contribution in [2.45, 2.75) is 13.0 Å². The number of methoxy groups -OCH3 is 1. The average Bonchev–Trinajstić information content (AvgIpc) is 3.56. The van der Waals surface area contributed by atoms with Crippen LogP contribution in [-0.2, 0) is 6.54 Å². The lowest BCUT2D eigenvalue weighted by Crippen LogP contribution is -2.25. The highest BCUT2D eigenvalue weighted by Gasteiger charge is 2.21. The van der Waals surface area contributed by atoms with Crippen molar-refractivity contribution in [3.63, 3.8) is 0 Å². The standard InChI is InChI=1S/C33H28N6O4/c1-43-30-13-5-3-11-25(30)33(42)38-31-27(20-34)26(19-28(37-31)24-10-2-4-12-29(24)40)22-8-6-9-23(18-22)32(41)36-14-7-16-39-17-15-35-21-39/h2-6,8-13,15,17-19,21,40H,7,14,16H2,1H3,(H,36,41)(H,37,38,42). The molecule has 0 unspecified atom stereocenters. The van der Waals surface area contributed by atoms with E-state index in [1.165, 1.54) is 13.2 Å². The van der Waals surface area contributed by atoms with Crippen LogP contribution in [0.2, 0.25) is 0 Å². The third-order valence-corrected chi connectivity index (χ3v) is 6.77. The molecule has 0 saturated heterocycles. The van der Waals surface area contributed by atoms with E-state index < -0.39 is 5.91 Å². The number of nitriles is 1. The molecule has 0 bridgehead atoms. The van der Waals surface area contributed by atoms with E-state index in [9.17, 15) is 20.0 Å². The number of pyridine rings is 1. The summed E-state index contributed by atoms with van der Waals surface area (Å²) in [4.78, 5) is 34.9. The number of ether oxygens (including phenoxy) is 1. The Morgan fingerprint density at radius 1 is 1.00 bits per heavy atom. The summed E-state index contributed by atoms with van der Waals surface area (Å²) in [5.74, 6) is -0.435. The first-order valence-corrected chi connectivity index (χ1v) is 13.5. The monoisotopic (exact) mass is 572 g/mol. The number of hydrogen-bond donors (Lipinski definition) is 3. The quantitative estimate of drug-likeness (QED) is 0.194. The zero-order valence-electron chi connectivity index (χ0n) is 23.3. The maximum Gasteiger partial charge on any atom is 0.260 e. The van der Waals surface area contributed by atoms with Gasteiger partial charge >= 0.3 is 0 Å². The fraction of sp³-hybridized carbons (Fsp3) is 0.121. The molecular formula is C33H28N6O4. The number of amides is 2. The van der Waals surface area contributed by atoms with Crippen molar-refractivity contribution in [2.75, 3.05) is 19.0 Å². The number of nitrogens with one attached hydrogen (secondary N) is 2. The van der Waals surface area contributed by atoms with E-state index in [0.717, 1.165) is 13.0 Å². The fourth-order valence-corrected chi connectivity index (χ4v) is 4.62. The van der Waals surface area contributed by atoms with Crippen LogP contribution in [0, 0.1) is 11.3 Å². The summed E-state index contributed by atoms with van der Waals surface area (Å²) in [6.45, 7) is 1.19. The zero-order valence-corrected chi connectivity index (χ0v) is 23.3. The first-order valence-electron chi connectivity index (χ1n) is 13.5. The van der Waals surface area contributed by atoms with Crippen LogP contribution in [0.5, 0.6) is 11.5 Å². The van der Waals surface area contributed by atoms with E-state index >= 15 is 0 Å². The number of aryl methyl sites for hydroxylation is 1. The number of rotatable bonds is 10. The van der Waals surface area contributed by atoms with Crippen LogP contribution in [-0.4, -0.2) is 45.1 Å². The van der Waals surface area contributed by atoms with Gasteiger partial charge in [-0.2, -0.15) is 5.26 Å². The molecule has 0 aliphatic heterocycles. The molecule has 3 aromatic carbocycles. The molecule has 5 aromatic rings. The molecule has 2 amide bonds. The number of phenols is 1. The summed E-state index contributed by atoms with van der Waals surface area (Å²) in [6, 6.07) is 24.1. The van der Waals surface area contributed by atoms with Crippen LogP contribution >= 0.6 is 0 Å². The van der Waals surface area contributed by atoms with Crippen molar-refractivity contribution in [1.29, 1.82) is 5.26 Å². The zero-order chi connectivity index (χ0) is 30.2. The number of aromatic hydroxyl groups is 1. The Hall–Kier alpha value is -5.95. The van der Waals surface area contributed by atoms with Crippen molar-refractivity contribution < 1.29 is 19.4 Å². The molecule has 2 aromatic heterocycles. The normalized spacial score (nSPS) is 10.5. The molecule has 10 heteroatoms. The number of nitrogens with zero attached hydrogens (tertiary/aromatic N) is 4. The lowest BCUT2D eigenvalue weighted by Gasteiger charge is -2.15. The van der Waals surface area contributed by atoms with Gasteiger partial charge in [-0.25, -0.2) is 9.97 Å². The largest absolute Gasteiger partial charge is 0.507 e. The average molecular weight is 573 g/mol. The Bertz CT molecular complexity index is 1810. The highest BCUT2D eigenvalue weighted by Crippen LogP contribution is 2.36. The summed E-state index contributed by atoms with van der Waals surface area (Å²) in [5.41, 5.74) is 2.50. The first kappa shape index (κ1) is 28.6. The van der Waals surface area contributed by atoms with Gasteiger partial charge in [-0.3, -0.25) is 9.59 Å². The van der Waals surface area contributed by atoms with Crippen LogP contribution in [0.15, 0.2) is 97.6 Å². The molecule has 0 aliphatic rings. The van der Waals surface area contributed by atoms with Crippen molar-refractivity contribution in [3.05, 3.63) is 114 Å². The van der Waals surface area contributed by atoms with Gasteiger partial charge in [0.25, 0.3) is 11.8 Å². The molecule has 5 rings (SSSR count). The molecule has 0 radical (unpaired) electrons. The summed E-state index contributed by atoms with van der Waals surface area (Å²) in [6.07, 6.45) is 6.02. The molecular weight excluding hydrogens is 544 g/mol. The van der Waals surface area contributed by atoms with Gasteiger partial charge in [0.05, 0.1) is 24.7 Å². The predicted molar refractivity (Wildman–Crippen MR) is 162 cm³/mol. The molecule has 0 saturated carbocycles. The van der Waals surface area contributed by atoms with E-state index in [1.54, 1.807) is 85.3 Å². The molecule has 214 valence electrons. The lowest BCUT2D eigenvalue weighted by molar-refractivity contribution is 0.0951. The van der Waals surface area contributed by atoms with Gasteiger partial charge in [-0.1, -0.05) is 36.4 Å². The number of benzene rings is 3. The third kappa shape index (κ3) is 6.52. The Balaban J connectivity index is 1.50.